The van der Waals surface area contributed by atoms with Gasteiger partial charge >= 0.3 is 0 Å². The van der Waals surface area contributed by atoms with Crippen molar-refractivity contribution in [1.29, 1.82) is 0 Å². The molecule has 2 aromatic rings. The van der Waals surface area contributed by atoms with Crippen LogP contribution in [-0.4, -0.2) is 50.6 Å². The summed E-state index contributed by atoms with van der Waals surface area (Å²) in [5.74, 6) is 0.0424. The van der Waals surface area contributed by atoms with Crippen LogP contribution >= 0.6 is 0 Å². The molecule has 1 unspecified atom stereocenters. The highest BCUT2D eigenvalue weighted by Gasteiger charge is 2.23. The third-order valence-electron chi connectivity index (χ3n) is 5.15. The maximum absolute atomic E-state index is 13.0. The van der Waals surface area contributed by atoms with Crippen LogP contribution in [0, 0.1) is 13.8 Å². The molecule has 0 radical (unpaired) electrons. The quantitative estimate of drug-likeness (QED) is 0.654. The van der Waals surface area contributed by atoms with Gasteiger partial charge in [-0.15, -0.1) is 0 Å². The predicted molar refractivity (Wildman–Crippen MR) is 105 cm³/mol. The van der Waals surface area contributed by atoms with Gasteiger partial charge in [-0.2, -0.15) is 5.10 Å². The average Bonchev–Trinajstić information content (AvgIpc) is 3.27. The van der Waals surface area contributed by atoms with Crippen molar-refractivity contribution in [1.82, 2.24) is 19.7 Å². The van der Waals surface area contributed by atoms with Crippen LogP contribution in [-0.2, 0) is 22.6 Å². The average molecular weight is 384 g/mol. The van der Waals surface area contributed by atoms with Crippen LogP contribution in [0.25, 0.3) is 0 Å². The smallest absolute Gasteiger partial charge is 0.224 e. The number of pyridine rings is 1. The zero-order chi connectivity index (χ0) is 20.1. The van der Waals surface area contributed by atoms with Crippen molar-refractivity contribution in [3.05, 3.63) is 47.0 Å². The maximum Gasteiger partial charge on any atom is 0.224 e. The Hall–Kier alpha value is -2.54. The molecule has 1 atom stereocenters. The second-order valence-electron chi connectivity index (χ2n) is 7.31. The molecule has 1 saturated heterocycles. The second-order valence-corrected chi connectivity index (χ2v) is 7.31. The Kier molecular flexibility index (Phi) is 6.57. The van der Waals surface area contributed by atoms with E-state index < -0.39 is 0 Å². The topological polar surface area (TPSA) is 77.3 Å². The first-order valence-corrected chi connectivity index (χ1v) is 9.80. The number of hydrogen-bond donors (Lipinski definition) is 0. The number of Topliss-reactive ketones (excluding diaryl/α,β-unsaturated/α-hetero) is 1. The molecule has 28 heavy (non-hydrogen) atoms. The summed E-state index contributed by atoms with van der Waals surface area (Å²) in [7, 11) is 0. The van der Waals surface area contributed by atoms with Crippen LogP contribution in [0.3, 0.4) is 0 Å². The van der Waals surface area contributed by atoms with Crippen molar-refractivity contribution in [2.45, 2.75) is 59.2 Å². The number of rotatable bonds is 8. The van der Waals surface area contributed by atoms with Crippen LogP contribution in [0.4, 0.5) is 0 Å². The molecule has 3 heterocycles. The highest BCUT2D eigenvalue weighted by molar-refractivity contribution is 5.96. The van der Waals surface area contributed by atoms with Gasteiger partial charge in [0.2, 0.25) is 5.91 Å². The molecular formula is C21H28N4O3. The molecule has 0 aliphatic carbocycles. The first kappa shape index (κ1) is 20.2. The summed E-state index contributed by atoms with van der Waals surface area (Å²) in [6.07, 6.45) is 4.16. The molecule has 0 aromatic carbocycles. The number of aromatic nitrogens is 3. The monoisotopic (exact) mass is 384 g/mol. The molecule has 1 aliphatic rings. The minimum Gasteiger partial charge on any atom is -0.376 e. The fraction of sp³-hybridized carbons (Fsp3) is 0.524. The van der Waals surface area contributed by atoms with Crippen molar-refractivity contribution in [3.8, 4) is 0 Å². The van der Waals surface area contributed by atoms with Crippen LogP contribution < -0.4 is 0 Å². The molecule has 1 fully saturated rings. The molecule has 0 N–H and O–H groups in total. The van der Waals surface area contributed by atoms with E-state index in [9.17, 15) is 9.59 Å². The van der Waals surface area contributed by atoms with E-state index in [4.69, 9.17) is 4.74 Å². The Bertz CT molecular complexity index is 826. The summed E-state index contributed by atoms with van der Waals surface area (Å²) in [5.41, 5.74) is 3.03. The van der Waals surface area contributed by atoms with Crippen LogP contribution in [0.1, 0.15) is 53.6 Å². The fourth-order valence-electron chi connectivity index (χ4n) is 3.76. The number of ketones is 1. The number of aryl methyl sites for hydroxylation is 2. The number of amides is 1. The molecule has 1 amide bonds. The Morgan fingerprint density at radius 2 is 2.14 bits per heavy atom. The van der Waals surface area contributed by atoms with E-state index in [1.807, 2.05) is 36.9 Å². The standard InChI is InChI=1S/C21H28N4O3/c1-15-21(17(3)26)16(2)25(23-15)11-9-20(27)24(14-19-8-6-12-28-19)13-18-7-4-5-10-22-18/h4-5,7,10,19H,6,8-9,11-14H2,1-3H3. The molecule has 7 heteroatoms. The van der Waals surface area contributed by atoms with Gasteiger partial charge in [-0.05, 0) is 45.7 Å². The largest absolute Gasteiger partial charge is 0.376 e. The third-order valence-corrected chi connectivity index (χ3v) is 5.15. The van der Waals surface area contributed by atoms with Gasteiger partial charge < -0.3 is 9.64 Å². The highest BCUT2D eigenvalue weighted by atomic mass is 16.5. The molecule has 3 rings (SSSR count). The Morgan fingerprint density at radius 3 is 2.75 bits per heavy atom. The van der Waals surface area contributed by atoms with Crippen LogP contribution in [0.5, 0.6) is 0 Å². The van der Waals surface area contributed by atoms with Crippen molar-refractivity contribution < 1.29 is 14.3 Å². The van der Waals surface area contributed by atoms with Gasteiger partial charge in [0.05, 0.1) is 29.6 Å². The summed E-state index contributed by atoms with van der Waals surface area (Å²) >= 11 is 0. The number of carbonyl (C=O) groups excluding carboxylic acids is 2. The van der Waals surface area contributed by atoms with E-state index >= 15 is 0 Å². The lowest BCUT2D eigenvalue weighted by atomic mass is 10.1. The van der Waals surface area contributed by atoms with E-state index in [1.54, 1.807) is 17.8 Å². The second kappa shape index (κ2) is 9.10. The van der Waals surface area contributed by atoms with Crippen molar-refractivity contribution >= 4 is 11.7 Å². The fourth-order valence-corrected chi connectivity index (χ4v) is 3.76. The molecular weight excluding hydrogens is 356 g/mol. The molecule has 0 saturated carbocycles. The first-order valence-electron chi connectivity index (χ1n) is 9.80. The highest BCUT2D eigenvalue weighted by Crippen LogP contribution is 2.17. The van der Waals surface area contributed by atoms with Gasteiger partial charge in [-0.3, -0.25) is 19.3 Å². The van der Waals surface area contributed by atoms with E-state index in [0.29, 0.717) is 37.3 Å². The van der Waals surface area contributed by atoms with Gasteiger partial charge in [0.15, 0.2) is 5.78 Å². The van der Waals surface area contributed by atoms with Gasteiger partial charge in [-0.1, -0.05) is 6.07 Å². The van der Waals surface area contributed by atoms with Crippen molar-refractivity contribution in [2.75, 3.05) is 13.2 Å². The lowest BCUT2D eigenvalue weighted by Gasteiger charge is -2.25. The zero-order valence-corrected chi connectivity index (χ0v) is 16.9. The summed E-state index contributed by atoms with van der Waals surface area (Å²) in [4.78, 5) is 31.0. The van der Waals surface area contributed by atoms with E-state index in [2.05, 4.69) is 10.1 Å². The number of nitrogens with zero attached hydrogens (tertiary/aromatic N) is 4. The van der Waals surface area contributed by atoms with E-state index in [-0.39, 0.29) is 17.8 Å². The number of carbonyl (C=O) groups is 2. The SMILES string of the molecule is CC(=O)c1c(C)nn(CCC(=O)N(Cc2ccccn2)CC2CCCO2)c1C. The van der Waals surface area contributed by atoms with E-state index in [0.717, 1.165) is 30.8 Å². The van der Waals surface area contributed by atoms with Crippen LogP contribution in [0.2, 0.25) is 0 Å². The number of ether oxygens (including phenoxy) is 1. The van der Waals surface area contributed by atoms with Gasteiger partial charge in [0.1, 0.15) is 0 Å². The lowest BCUT2D eigenvalue weighted by Crippen LogP contribution is -2.37. The normalized spacial score (nSPS) is 16.3. The Labute approximate surface area is 165 Å². The summed E-state index contributed by atoms with van der Waals surface area (Å²) in [6.45, 7) is 7.49. The maximum atomic E-state index is 13.0. The number of hydrogen-bond acceptors (Lipinski definition) is 5. The van der Waals surface area contributed by atoms with Gasteiger partial charge in [0.25, 0.3) is 0 Å². The molecule has 0 bridgehead atoms. The summed E-state index contributed by atoms with van der Waals surface area (Å²) in [6, 6.07) is 5.72. The predicted octanol–water partition coefficient (Wildman–Crippen LogP) is 2.70. The Balaban J connectivity index is 1.68. The van der Waals surface area contributed by atoms with E-state index in [1.165, 1.54) is 0 Å². The molecule has 2 aromatic heterocycles. The van der Waals surface area contributed by atoms with Gasteiger partial charge in [0, 0.05) is 38.0 Å². The lowest BCUT2D eigenvalue weighted by molar-refractivity contribution is -0.133. The minimum atomic E-state index is 0.00253. The van der Waals surface area contributed by atoms with Crippen molar-refractivity contribution in [3.63, 3.8) is 0 Å². The minimum absolute atomic E-state index is 0.00253. The molecule has 150 valence electrons. The molecule has 7 nitrogen and oxygen atoms in total. The zero-order valence-electron chi connectivity index (χ0n) is 16.9. The van der Waals surface area contributed by atoms with Crippen LogP contribution in [0.15, 0.2) is 24.4 Å². The Morgan fingerprint density at radius 1 is 1.32 bits per heavy atom. The first-order chi connectivity index (χ1) is 13.5. The third kappa shape index (κ3) is 4.84. The molecule has 1 aliphatic heterocycles. The van der Waals surface area contributed by atoms with Crippen molar-refractivity contribution in [2.24, 2.45) is 0 Å². The summed E-state index contributed by atoms with van der Waals surface area (Å²) < 4.78 is 7.49. The summed E-state index contributed by atoms with van der Waals surface area (Å²) in [5, 5.41) is 4.44. The van der Waals surface area contributed by atoms with Gasteiger partial charge in [-0.25, -0.2) is 0 Å². The molecule has 0 spiro atoms.